The summed E-state index contributed by atoms with van der Waals surface area (Å²) in [5, 5.41) is 3.04. The van der Waals surface area contributed by atoms with Crippen LogP contribution in [0, 0.1) is 5.41 Å². The number of benzene rings is 2. The molecule has 0 aliphatic carbocycles. The normalized spacial score (nSPS) is 18.6. The van der Waals surface area contributed by atoms with Crippen molar-refractivity contribution < 1.29 is 37.5 Å². The molecule has 1 aromatic heterocycles. The van der Waals surface area contributed by atoms with Gasteiger partial charge in [-0.05, 0) is 65.8 Å². The lowest BCUT2D eigenvalue weighted by molar-refractivity contribution is -0.146. The Hall–Kier alpha value is -3.18. The van der Waals surface area contributed by atoms with Gasteiger partial charge in [0.05, 0.1) is 4.88 Å². The average molecular weight is 648 g/mol. The molecule has 44 heavy (non-hydrogen) atoms. The number of amides is 3. The van der Waals surface area contributed by atoms with E-state index in [0.717, 1.165) is 41.9 Å². The van der Waals surface area contributed by atoms with E-state index in [4.69, 9.17) is 9.79 Å². The summed E-state index contributed by atoms with van der Waals surface area (Å²) < 4.78 is 40.4. The van der Waals surface area contributed by atoms with Gasteiger partial charge in [-0.2, -0.15) is 8.78 Å². The van der Waals surface area contributed by atoms with E-state index >= 15 is 0 Å². The van der Waals surface area contributed by atoms with Crippen molar-refractivity contribution in [2.45, 2.75) is 70.7 Å². The largest absolute Gasteiger partial charge is 0.399 e. The minimum Gasteiger partial charge on any atom is -0.339 e. The Morgan fingerprint density at radius 1 is 1.02 bits per heavy atom. The highest BCUT2D eigenvalue weighted by Gasteiger charge is 2.50. The van der Waals surface area contributed by atoms with E-state index in [9.17, 15) is 27.7 Å². The molecule has 13 heteroatoms. The second kappa shape index (κ2) is 12.0. The van der Waals surface area contributed by atoms with Crippen molar-refractivity contribution in [2.75, 3.05) is 13.1 Å². The molecule has 0 unspecified atom stereocenters. The molecule has 0 spiro atoms. The quantitative estimate of drug-likeness (QED) is 0.314. The van der Waals surface area contributed by atoms with Gasteiger partial charge in [-0.3, -0.25) is 18.9 Å². The Morgan fingerprint density at radius 3 is 2.41 bits per heavy atom. The van der Waals surface area contributed by atoms with Crippen molar-refractivity contribution in [3.8, 4) is 0 Å². The molecule has 3 aromatic rings. The van der Waals surface area contributed by atoms with E-state index < -0.39 is 42.2 Å². The van der Waals surface area contributed by atoms with Crippen LogP contribution in [0.4, 0.5) is 8.78 Å². The second-order valence-electron chi connectivity index (χ2n) is 12.5. The molecule has 3 heterocycles. The zero-order valence-electron chi connectivity index (χ0n) is 24.8. The predicted molar refractivity (Wildman–Crippen MR) is 163 cm³/mol. The van der Waals surface area contributed by atoms with Crippen molar-refractivity contribution in [1.29, 1.82) is 0 Å². The highest BCUT2D eigenvalue weighted by molar-refractivity contribution is 7.52. The molecule has 2 aromatic carbocycles. The molecule has 1 saturated heterocycles. The maximum atomic E-state index is 14.3. The molecule has 1 fully saturated rings. The molecule has 2 aliphatic rings. The first kappa shape index (κ1) is 32.2. The fraction of sp³-hybridized carbons (Fsp3) is 0.452. The molecule has 3 amide bonds. The number of rotatable bonds is 6. The average Bonchev–Trinajstić information content (AvgIpc) is 3.56. The first-order valence-electron chi connectivity index (χ1n) is 14.5. The number of likely N-dealkylation sites (tertiary alicyclic amines) is 1. The van der Waals surface area contributed by atoms with Crippen molar-refractivity contribution in [1.82, 2.24) is 15.1 Å². The summed E-state index contributed by atoms with van der Waals surface area (Å²) in [4.78, 5) is 63.0. The van der Waals surface area contributed by atoms with E-state index in [2.05, 4.69) is 11.4 Å². The van der Waals surface area contributed by atoms with Gasteiger partial charge < -0.3 is 24.9 Å². The summed E-state index contributed by atoms with van der Waals surface area (Å²) in [5.74, 6) is -1.05. The molecular formula is C31H36F2N3O6PS. The van der Waals surface area contributed by atoms with Gasteiger partial charge in [-0.25, -0.2) is 0 Å². The highest BCUT2D eigenvalue weighted by atomic mass is 32.1. The lowest BCUT2D eigenvalue weighted by Gasteiger charge is -2.36. The lowest BCUT2D eigenvalue weighted by Crippen LogP contribution is -2.57. The van der Waals surface area contributed by atoms with Gasteiger partial charge in [-0.15, -0.1) is 11.3 Å². The maximum Gasteiger partial charge on any atom is 0.399 e. The molecule has 0 bridgehead atoms. The Labute approximate surface area is 258 Å². The van der Waals surface area contributed by atoms with E-state index in [-0.39, 0.29) is 22.1 Å². The summed E-state index contributed by atoms with van der Waals surface area (Å²) in [6, 6.07) is 11.0. The molecule has 2 aliphatic heterocycles. The van der Waals surface area contributed by atoms with Crippen LogP contribution in [0.25, 0.3) is 10.1 Å². The van der Waals surface area contributed by atoms with Crippen molar-refractivity contribution >= 4 is 46.7 Å². The Bertz CT molecular complexity index is 1650. The fourth-order valence-corrected chi connectivity index (χ4v) is 7.34. The fourth-order valence-electron chi connectivity index (χ4n) is 5.91. The van der Waals surface area contributed by atoms with Gasteiger partial charge in [-0.1, -0.05) is 51.1 Å². The zero-order valence-corrected chi connectivity index (χ0v) is 26.5. The van der Waals surface area contributed by atoms with E-state index in [1.54, 1.807) is 4.90 Å². The summed E-state index contributed by atoms with van der Waals surface area (Å²) in [5.41, 5.74) is -3.63. The molecule has 2 atom stereocenters. The summed E-state index contributed by atoms with van der Waals surface area (Å²) in [6.45, 7) is 6.92. The number of nitrogens with zero attached hydrogens (tertiary/aromatic N) is 2. The van der Waals surface area contributed by atoms with Gasteiger partial charge in [0.1, 0.15) is 12.1 Å². The van der Waals surface area contributed by atoms with Gasteiger partial charge in [0.15, 0.2) is 0 Å². The molecule has 3 N–H and O–H groups in total. The third-order valence-corrected chi connectivity index (χ3v) is 10.4. The predicted octanol–water partition coefficient (Wildman–Crippen LogP) is 5.24. The number of hydrogen-bond donors (Lipinski definition) is 3. The van der Waals surface area contributed by atoms with E-state index in [1.807, 2.05) is 43.9 Å². The van der Waals surface area contributed by atoms with Crippen LogP contribution < -0.4 is 5.32 Å². The molecule has 0 radical (unpaired) electrons. The minimum absolute atomic E-state index is 0.0982. The molecule has 236 valence electrons. The number of alkyl halides is 2. The topological polar surface area (TPSA) is 127 Å². The van der Waals surface area contributed by atoms with Crippen molar-refractivity contribution in [3.63, 3.8) is 0 Å². The highest BCUT2D eigenvalue weighted by Crippen LogP contribution is 2.59. The number of aryl methyl sites for hydroxylation is 1. The number of carbonyl (C=O) groups is 3. The molecule has 0 saturated carbocycles. The Kier molecular flexibility index (Phi) is 8.76. The molecular weight excluding hydrogens is 611 g/mol. The van der Waals surface area contributed by atoms with Gasteiger partial charge in [0, 0.05) is 29.9 Å². The second-order valence-corrected chi connectivity index (χ2v) is 15.3. The van der Waals surface area contributed by atoms with Crippen LogP contribution in [-0.2, 0) is 32.8 Å². The smallest absolute Gasteiger partial charge is 0.339 e. The summed E-state index contributed by atoms with van der Waals surface area (Å²) >= 11 is 1.01. The summed E-state index contributed by atoms with van der Waals surface area (Å²) in [6.07, 6.45) is 2.91. The van der Waals surface area contributed by atoms with Crippen LogP contribution in [0.5, 0.6) is 0 Å². The van der Waals surface area contributed by atoms with Crippen LogP contribution in [0.15, 0.2) is 48.5 Å². The molecule has 9 nitrogen and oxygen atoms in total. The van der Waals surface area contributed by atoms with Gasteiger partial charge >= 0.3 is 13.3 Å². The molecule has 5 rings (SSSR count). The van der Waals surface area contributed by atoms with E-state index in [0.29, 0.717) is 37.2 Å². The van der Waals surface area contributed by atoms with Crippen molar-refractivity contribution in [2.24, 2.45) is 5.41 Å². The maximum absolute atomic E-state index is 14.3. The van der Waals surface area contributed by atoms with Gasteiger partial charge in [0.2, 0.25) is 11.8 Å². The van der Waals surface area contributed by atoms with Crippen LogP contribution in [-0.4, -0.2) is 62.5 Å². The number of fused-ring (bicyclic) bond motifs is 2. The van der Waals surface area contributed by atoms with Crippen LogP contribution in [0.3, 0.4) is 0 Å². The number of nitrogens with one attached hydrogen (secondary N) is 1. The minimum atomic E-state index is -5.76. The number of halogens is 2. The van der Waals surface area contributed by atoms with E-state index in [1.165, 1.54) is 17.7 Å². The zero-order chi connectivity index (χ0) is 32.0. The number of thiophene rings is 1. The third-order valence-electron chi connectivity index (χ3n) is 8.33. The summed E-state index contributed by atoms with van der Waals surface area (Å²) in [7, 11) is -5.76. The number of hydrogen-bond acceptors (Lipinski definition) is 5. The number of carbonyl (C=O) groups excluding carboxylic acids is 3. The first-order valence-corrected chi connectivity index (χ1v) is 17.0. The van der Waals surface area contributed by atoms with Gasteiger partial charge in [0.25, 0.3) is 5.91 Å². The monoisotopic (exact) mass is 647 g/mol. The first-order chi connectivity index (χ1) is 20.6. The third kappa shape index (κ3) is 6.31. The van der Waals surface area contributed by atoms with Crippen molar-refractivity contribution in [3.05, 3.63) is 70.1 Å². The Morgan fingerprint density at radius 2 is 1.73 bits per heavy atom. The van der Waals surface area contributed by atoms with Crippen LogP contribution >= 0.6 is 18.9 Å². The Balaban J connectivity index is 1.35. The standard InChI is InChI=1S/C31H36F2N3O6PS/c1-30(2,3)26(34-27(37)25-17-21-16-22(12-13-24(21)44-25)31(32,33)43(40,41)42)29(39)36-15-7-11-23(36)28(38)35-14-6-10-19-8-4-5-9-20(19)18-35/h4-5,8-9,12-13,16-17,23,26H,6-7,10-11,14-15,18H2,1-3H3,(H,34,37)(H2,40,41,42)/t23-,26+/m0/s1. The van der Waals surface area contributed by atoms with Crippen LogP contribution in [0.1, 0.15) is 66.4 Å². The SMILES string of the molecule is CC(C)(C)[C@H](NC(=O)c1cc2cc(C(F)(F)P(=O)(O)O)ccc2s1)C(=O)N1CCC[C@H]1C(=O)N1CCCc2ccccc2C1. The van der Waals surface area contributed by atoms with Crippen LogP contribution in [0.2, 0.25) is 0 Å². The lowest BCUT2D eigenvalue weighted by atomic mass is 9.85.